The van der Waals surface area contributed by atoms with Gasteiger partial charge >= 0.3 is 5.97 Å². The van der Waals surface area contributed by atoms with Crippen LogP contribution in [0.15, 0.2) is 4.99 Å². The summed E-state index contributed by atoms with van der Waals surface area (Å²) < 4.78 is 5.26. The van der Waals surface area contributed by atoms with Gasteiger partial charge in [-0.1, -0.05) is 6.42 Å². The summed E-state index contributed by atoms with van der Waals surface area (Å²) in [5.74, 6) is 0.367. The second-order valence-corrected chi connectivity index (χ2v) is 6.61. The quantitative estimate of drug-likeness (QED) is 0.286. The predicted molar refractivity (Wildman–Crippen MR) is 106 cm³/mol. The van der Waals surface area contributed by atoms with Crippen molar-refractivity contribution in [2.24, 2.45) is 4.99 Å². The largest absolute Gasteiger partial charge is 0.459 e. The number of piperidine rings is 1. The molecule has 136 valence electrons. The van der Waals surface area contributed by atoms with Crippen LogP contribution in [0.5, 0.6) is 0 Å². The summed E-state index contributed by atoms with van der Waals surface area (Å²) in [6, 6.07) is 0. The number of likely N-dealkylation sites (tertiary alicyclic amines) is 1. The van der Waals surface area contributed by atoms with Gasteiger partial charge in [0.15, 0.2) is 5.96 Å². The van der Waals surface area contributed by atoms with Crippen LogP contribution in [0.4, 0.5) is 0 Å². The smallest absolute Gasteiger partial charge is 0.328 e. The molecule has 0 aliphatic carbocycles. The monoisotopic (exact) mass is 440 g/mol. The molecule has 1 fully saturated rings. The number of rotatable bonds is 6. The van der Waals surface area contributed by atoms with Gasteiger partial charge in [-0.2, -0.15) is 0 Å². The number of guanidine groups is 1. The highest BCUT2D eigenvalue weighted by atomic mass is 127. The van der Waals surface area contributed by atoms with Crippen molar-refractivity contribution in [2.45, 2.75) is 52.6 Å². The number of hydrogen-bond acceptors (Lipinski definition) is 4. The Balaban J connectivity index is 0.00000484. The SMILES string of the molecule is CCNC(=NCC(=O)OC(C)(C)C)NCCN1CCCCC1.I. The molecule has 7 heteroatoms. The molecule has 6 nitrogen and oxygen atoms in total. The fraction of sp³-hybridized carbons (Fsp3) is 0.875. The minimum Gasteiger partial charge on any atom is -0.459 e. The zero-order chi connectivity index (χ0) is 16.4. The van der Waals surface area contributed by atoms with Gasteiger partial charge in [-0.15, -0.1) is 24.0 Å². The van der Waals surface area contributed by atoms with Gasteiger partial charge in [-0.25, -0.2) is 4.99 Å². The zero-order valence-corrected chi connectivity index (χ0v) is 17.3. The number of aliphatic imine (C=N–C) groups is 1. The van der Waals surface area contributed by atoms with E-state index in [1.165, 1.54) is 32.4 Å². The van der Waals surface area contributed by atoms with Crippen LogP contribution in [0.1, 0.15) is 47.0 Å². The summed E-state index contributed by atoms with van der Waals surface area (Å²) in [4.78, 5) is 18.4. The van der Waals surface area contributed by atoms with Crippen molar-refractivity contribution in [1.82, 2.24) is 15.5 Å². The van der Waals surface area contributed by atoms with Crippen LogP contribution in [0.25, 0.3) is 0 Å². The summed E-state index contributed by atoms with van der Waals surface area (Å²) in [5.41, 5.74) is -0.466. The molecular weight excluding hydrogens is 407 g/mol. The van der Waals surface area contributed by atoms with Crippen molar-refractivity contribution in [3.63, 3.8) is 0 Å². The maximum atomic E-state index is 11.7. The Morgan fingerprint density at radius 2 is 1.83 bits per heavy atom. The van der Waals surface area contributed by atoms with Crippen LogP contribution in [-0.4, -0.2) is 61.7 Å². The van der Waals surface area contributed by atoms with Crippen LogP contribution in [0, 0.1) is 0 Å². The van der Waals surface area contributed by atoms with Crippen LogP contribution in [0.2, 0.25) is 0 Å². The molecule has 0 bridgehead atoms. The van der Waals surface area contributed by atoms with Crippen molar-refractivity contribution < 1.29 is 9.53 Å². The number of halogens is 1. The van der Waals surface area contributed by atoms with Gasteiger partial charge in [0.05, 0.1) is 0 Å². The topological polar surface area (TPSA) is 66.0 Å². The lowest BCUT2D eigenvalue weighted by atomic mass is 10.1. The highest BCUT2D eigenvalue weighted by molar-refractivity contribution is 14.0. The van der Waals surface area contributed by atoms with E-state index in [1.54, 1.807) is 0 Å². The Hall–Kier alpha value is -0.570. The first-order chi connectivity index (χ1) is 10.4. The van der Waals surface area contributed by atoms with Crippen LogP contribution in [-0.2, 0) is 9.53 Å². The van der Waals surface area contributed by atoms with Crippen molar-refractivity contribution in [3.8, 4) is 0 Å². The minimum absolute atomic E-state index is 0. The third-order valence-corrected chi connectivity index (χ3v) is 3.30. The number of hydrogen-bond donors (Lipinski definition) is 2. The lowest BCUT2D eigenvalue weighted by molar-refractivity contribution is -0.152. The Labute approximate surface area is 157 Å². The van der Waals surface area contributed by atoms with Crippen LogP contribution in [0.3, 0.4) is 0 Å². The molecule has 0 saturated carbocycles. The summed E-state index contributed by atoms with van der Waals surface area (Å²) in [5, 5.41) is 6.43. The highest BCUT2D eigenvalue weighted by Gasteiger charge is 2.16. The molecule has 0 aromatic carbocycles. The fourth-order valence-electron chi connectivity index (χ4n) is 2.37. The van der Waals surface area contributed by atoms with Crippen molar-refractivity contribution >= 4 is 35.9 Å². The standard InChI is InChI=1S/C16H32N4O2.HI/c1-5-17-15(19-13-14(21)22-16(2,3)4)18-9-12-20-10-7-6-8-11-20;/h5-13H2,1-4H3,(H2,17,18,19);1H. The minimum atomic E-state index is -0.466. The second-order valence-electron chi connectivity index (χ2n) is 6.61. The molecule has 0 unspecified atom stereocenters. The number of carbonyl (C=O) groups excluding carboxylic acids is 1. The van der Waals surface area contributed by atoms with Gasteiger partial charge in [0, 0.05) is 19.6 Å². The molecule has 1 rings (SSSR count). The number of nitrogens with one attached hydrogen (secondary N) is 2. The summed E-state index contributed by atoms with van der Waals surface area (Å²) in [6.07, 6.45) is 3.95. The van der Waals surface area contributed by atoms with Crippen molar-refractivity contribution in [1.29, 1.82) is 0 Å². The zero-order valence-electron chi connectivity index (χ0n) is 15.0. The van der Waals surface area contributed by atoms with Gasteiger partial charge in [0.1, 0.15) is 12.1 Å². The normalized spacial score (nSPS) is 16.4. The molecule has 1 saturated heterocycles. The third kappa shape index (κ3) is 11.6. The van der Waals surface area contributed by atoms with E-state index in [9.17, 15) is 4.79 Å². The van der Waals surface area contributed by atoms with E-state index in [1.807, 2.05) is 27.7 Å². The molecule has 0 aromatic heterocycles. The summed E-state index contributed by atoms with van der Waals surface area (Å²) in [7, 11) is 0. The molecule has 1 heterocycles. The highest BCUT2D eigenvalue weighted by Crippen LogP contribution is 2.07. The first-order valence-electron chi connectivity index (χ1n) is 8.37. The van der Waals surface area contributed by atoms with Crippen molar-refractivity contribution in [3.05, 3.63) is 0 Å². The van der Waals surface area contributed by atoms with Gasteiger partial charge in [0.2, 0.25) is 0 Å². The molecule has 1 aliphatic rings. The Morgan fingerprint density at radius 1 is 1.17 bits per heavy atom. The summed E-state index contributed by atoms with van der Waals surface area (Å²) in [6.45, 7) is 12.6. The van der Waals surface area contributed by atoms with E-state index < -0.39 is 5.60 Å². The van der Waals surface area contributed by atoms with E-state index >= 15 is 0 Å². The molecule has 0 atom stereocenters. The number of esters is 1. The third-order valence-electron chi connectivity index (χ3n) is 3.30. The molecule has 1 aliphatic heterocycles. The Bertz CT molecular complexity index is 364. The van der Waals surface area contributed by atoms with Gasteiger partial charge in [-0.3, -0.25) is 4.79 Å². The van der Waals surface area contributed by atoms with Gasteiger partial charge < -0.3 is 20.3 Å². The fourth-order valence-corrected chi connectivity index (χ4v) is 2.37. The number of carbonyl (C=O) groups is 1. The molecule has 0 amide bonds. The lowest BCUT2D eigenvalue weighted by Crippen LogP contribution is -2.43. The maximum Gasteiger partial charge on any atom is 0.328 e. The molecule has 0 spiro atoms. The van der Waals surface area contributed by atoms with E-state index in [-0.39, 0.29) is 36.5 Å². The van der Waals surface area contributed by atoms with Gasteiger partial charge in [0.25, 0.3) is 0 Å². The van der Waals surface area contributed by atoms with Crippen LogP contribution < -0.4 is 10.6 Å². The molecule has 0 radical (unpaired) electrons. The first-order valence-corrected chi connectivity index (χ1v) is 8.37. The van der Waals surface area contributed by atoms with Crippen LogP contribution >= 0.6 is 24.0 Å². The average Bonchev–Trinajstić information content (AvgIpc) is 2.44. The van der Waals surface area contributed by atoms with E-state index in [0.29, 0.717) is 5.96 Å². The second kappa shape index (κ2) is 11.9. The maximum absolute atomic E-state index is 11.7. The van der Waals surface area contributed by atoms with Gasteiger partial charge in [-0.05, 0) is 53.6 Å². The molecule has 2 N–H and O–H groups in total. The molecule has 0 aromatic rings. The summed E-state index contributed by atoms with van der Waals surface area (Å²) >= 11 is 0. The van der Waals surface area contributed by atoms with E-state index in [0.717, 1.165) is 19.6 Å². The number of nitrogens with zero attached hydrogens (tertiary/aromatic N) is 2. The van der Waals surface area contributed by atoms with E-state index in [2.05, 4.69) is 20.5 Å². The van der Waals surface area contributed by atoms with Crippen molar-refractivity contribution in [2.75, 3.05) is 39.3 Å². The lowest BCUT2D eigenvalue weighted by Gasteiger charge is -2.26. The van der Waals surface area contributed by atoms with E-state index in [4.69, 9.17) is 4.74 Å². The first kappa shape index (κ1) is 22.4. The number of ether oxygens (including phenoxy) is 1. The molecular formula is C16H33IN4O2. The Morgan fingerprint density at radius 3 is 2.39 bits per heavy atom. The predicted octanol–water partition coefficient (Wildman–Crippen LogP) is 1.99. The Kier molecular flexibility index (Phi) is 11.6. The average molecular weight is 440 g/mol. The molecule has 23 heavy (non-hydrogen) atoms.